The highest BCUT2D eigenvalue weighted by atomic mass is 15.2. The van der Waals surface area contributed by atoms with Gasteiger partial charge in [0.15, 0.2) is 0 Å². The van der Waals surface area contributed by atoms with Crippen molar-refractivity contribution in [3.05, 3.63) is 224 Å². The second kappa shape index (κ2) is 14.1. The van der Waals surface area contributed by atoms with Crippen molar-refractivity contribution in [1.82, 2.24) is 9.88 Å². The summed E-state index contributed by atoms with van der Waals surface area (Å²) in [6, 6.07) is 74.1. The van der Waals surface area contributed by atoms with Crippen LogP contribution in [0.1, 0.15) is 11.7 Å². The SMILES string of the molecule is C1=NC(c2ccccc2)NC=C1N(c1ccc(-c2ccccc2-c2ccc3c4ccccc4n(-c4cccc5ccccc45)c3c2)cc1)c1cccc2ccccc12. The van der Waals surface area contributed by atoms with E-state index < -0.39 is 0 Å². The molecule has 10 aromatic rings. The molecule has 11 rings (SSSR count). The van der Waals surface area contributed by atoms with Gasteiger partial charge in [0, 0.05) is 39.6 Å². The van der Waals surface area contributed by atoms with Crippen molar-refractivity contribution in [2.75, 3.05) is 4.90 Å². The highest BCUT2D eigenvalue weighted by molar-refractivity contribution is 6.12. The van der Waals surface area contributed by atoms with Gasteiger partial charge in [0.2, 0.25) is 0 Å². The van der Waals surface area contributed by atoms with Gasteiger partial charge in [-0.05, 0) is 75.0 Å². The number of aromatic nitrogens is 1. The predicted molar refractivity (Wildman–Crippen MR) is 244 cm³/mol. The van der Waals surface area contributed by atoms with Crippen molar-refractivity contribution in [2.45, 2.75) is 6.17 Å². The van der Waals surface area contributed by atoms with Crippen LogP contribution in [0.5, 0.6) is 0 Å². The van der Waals surface area contributed by atoms with Crippen LogP contribution in [-0.2, 0) is 0 Å². The topological polar surface area (TPSA) is 32.6 Å². The average Bonchev–Trinajstić information content (AvgIpc) is 3.63. The number of hydrogen-bond donors (Lipinski definition) is 1. The van der Waals surface area contributed by atoms with E-state index in [0.29, 0.717) is 0 Å². The molecular formula is C54H38N4. The van der Waals surface area contributed by atoms with Crippen molar-refractivity contribution in [1.29, 1.82) is 0 Å². The molecule has 0 amide bonds. The van der Waals surface area contributed by atoms with Crippen LogP contribution in [0.3, 0.4) is 0 Å². The average molecular weight is 743 g/mol. The lowest BCUT2D eigenvalue weighted by atomic mass is 9.93. The molecule has 1 aliphatic heterocycles. The number of rotatable bonds is 7. The van der Waals surface area contributed by atoms with E-state index in [1.165, 1.54) is 65.7 Å². The van der Waals surface area contributed by atoms with Gasteiger partial charge in [-0.15, -0.1) is 0 Å². The number of fused-ring (bicyclic) bond motifs is 5. The number of anilines is 2. The zero-order chi connectivity index (χ0) is 38.4. The van der Waals surface area contributed by atoms with Crippen LogP contribution in [-0.4, -0.2) is 10.8 Å². The molecule has 1 aromatic heterocycles. The van der Waals surface area contributed by atoms with Gasteiger partial charge in [0.05, 0.1) is 28.1 Å². The second-order valence-corrected chi connectivity index (χ2v) is 14.8. The molecule has 274 valence electrons. The summed E-state index contributed by atoms with van der Waals surface area (Å²) >= 11 is 0. The first-order valence-corrected chi connectivity index (χ1v) is 19.8. The molecule has 9 aromatic carbocycles. The molecule has 0 radical (unpaired) electrons. The van der Waals surface area contributed by atoms with E-state index in [0.717, 1.165) is 28.2 Å². The highest BCUT2D eigenvalue weighted by Crippen LogP contribution is 2.41. The van der Waals surface area contributed by atoms with Gasteiger partial charge in [0.25, 0.3) is 0 Å². The summed E-state index contributed by atoms with van der Waals surface area (Å²) in [6.07, 6.45) is 3.95. The van der Waals surface area contributed by atoms with Crippen LogP contribution in [0.15, 0.2) is 223 Å². The minimum Gasteiger partial charge on any atom is -0.364 e. The van der Waals surface area contributed by atoms with E-state index in [9.17, 15) is 0 Å². The zero-order valence-electron chi connectivity index (χ0n) is 31.7. The zero-order valence-corrected chi connectivity index (χ0v) is 31.7. The molecule has 58 heavy (non-hydrogen) atoms. The summed E-state index contributed by atoms with van der Waals surface area (Å²) in [7, 11) is 0. The predicted octanol–water partition coefficient (Wildman–Crippen LogP) is 13.8. The van der Waals surface area contributed by atoms with Crippen molar-refractivity contribution in [3.63, 3.8) is 0 Å². The molecule has 2 heterocycles. The molecule has 0 spiro atoms. The molecule has 1 unspecified atom stereocenters. The monoisotopic (exact) mass is 742 g/mol. The van der Waals surface area contributed by atoms with Crippen molar-refractivity contribution in [2.24, 2.45) is 4.99 Å². The molecule has 0 fully saturated rings. The smallest absolute Gasteiger partial charge is 0.144 e. The maximum atomic E-state index is 4.97. The molecule has 0 bridgehead atoms. The third-order valence-electron chi connectivity index (χ3n) is 11.5. The Morgan fingerprint density at radius 2 is 1.07 bits per heavy atom. The molecule has 0 saturated carbocycles. The standard InChI is InChI=1S/C54H38N4/c1-2-16-40(17-3-1)54-55-35-43(36-56-54)57(50-26-12-18-37-14-4-6-22-46(37)50)42-31-28-39(29-32-42)44-20-8-9-21-45(44)41-30-33-49-48-24-10-11-25-52(48)58(53(49)34-41)51-27-13-19-38-15-5-7-23-47(38)51/h1-36,54-55H. The van der Waals surface area contributed by atoms with Crippen LogP contribution < -0.4 is 10.2 Å². The van der Waals surface area contributed by atoms with Crippen molar-refractivity contribution >= 4 is 60.9 Å². The van der Waals surface area contributed by atoms with Crippen LogP contribution in [0.4, 0.5) is 11.4 Å². The van der Waals surface area contributed by atoms with E-state index in [4.69, 9.17) is 4.99 Å². The summed E-state index contributed by atoms with van der Waals surface area (Å²) in [5.74, 6) is 0. The fourth-order valence-electron chi connectivity index (χ4n) is 8.74. The Hall–Kier alpha value is -7.69. The van der Waals surface area contributed by atoms with Gasteiger partial charge in [-0.1, -0.05) is 170 Å². The first kappa shape index (κ1) is 33.6. The molecule has 1 atom stereocenters. The molecule has 0 aliphatic carbocycles. The Morgan fingerprint density at radius 3 is 1.84 bits per heavy atom. The van der Waals surface area contributed by atoms with Crippen molar-refractivity contribution < 1.29 is 0 Å². The Morgan fingerprint density at radius 1 is 0.466 bits per heavy atom. The lowest BCUT2D eigenvalue weighted by Crippen LogP contribution is -2.26. The van der Waals surface area contributed by atoms with Crippen LogP contribution in [0.2, 0.25) is 0 Å². The Bertz CT molecular complexity index is 3200. The van der Waals surface area contributed by atoms with Crippen LogP contribution in [0, 0.1) is 0 Å². The summed E-state index contributed by atoms with van der Waals surface area (Å²) in [5.41, 5.74) is 12.5. The first-order chi connectivity index (χ1) is 28.8. The second-order valence-electron chi connectivity index (χ2n) is 14.8. The Kier molecular flexibility index (Phi) is 8.18. The number of benzene rings is 9. The first-order valence-electron chi connectivity index (χ1n) is 19.8. The fourth-order valence-corrected chi connectivity index (χ4v) is 8.74. The minimum absolute atomic E-state index is 0.134. The van der Waals surface area contributed by atoms with Gasteiger partial charge < -0.3 is 14.8 Å². The van der Waals surface area contributed by atoms with Gasteiger partial charge in [0.1, 0.15) is 6.17 Å². The lowest BCUT2D eigenvalue weighted by Gasteiger charge is -2.30. The number of para-hydroxylation sites is 1. The normalized spacial score (nSPS) is 13.9. The molecular weight excluding hydrogens is 705 g/mol. The number of allylic oxidation sites excluding steroid dienone is 1. The van der Waals surface area contributed by atoms with Gasteiger partial charge in [-0.25, -0.2) is 0 Å². The van der Waals surface area contributed by atoms with E-state index in [2.05, 4.69) is 221 Å². The maximum Gasteiger partial charge on any atom is 0.144 e. The van der Waals surface area contributed by atoms with E-state index >= 15 is 0 Å². The lowest BCUT2D eigenvalue weighted by molar-refractivity contribution is 0.647. The summed E-state index contributed by atoms with van der Waals surface area (Å²) in [5, 5.41) is 10.9. The molecule has 0 saturated heterocycles. The Labute approximate surface area is 337 Å². The van der Waals surface area contributed by atoms with Gasteiger partial charge in [-0.2, -0.15) is 0 Å². The minimum atomic E-state index is -0.134. The van der Waals surface area contributed by atoms with Crippen LogP contribution in [0.25, 0.3) is 71.3 Å². The molecule has 4 heteroatoms. The number of nitrogens with zero attached hydrogens (tertiary/aromatic N) is 3. The Balaban J connectivity index is 1.01. The maximum absolute atomic E-state index is 4.97. The third-order valence-corrected chi connectivity index (χ3v) is 11.5. The van der Waals surface area contributed by atoms with Gasteiger partial charge in [-0.3, -0.25) is 4.99 Å². The molecule has 1 aliphatic rings. The largest absolute Gasteiger partial charge is 0.364 e. The van der Waals surface area contributed by atoms with Crippen molar-refractivity contribution in [3.8, 4) is 27.9 Å². The number of hydrogen-bond acceptors (Lipinski definition) is 3. The quantitative estimate of drug-likeness (QED) is 0.176. The molecule has 4 nitrogen and oxygen atoms in total. The summed E-state index contributed by atoms with van der Waals surface area (Å²) < 4.78 is 2.44. The van der Waals surface area contributed by atoms with E-state index in [1.54, 1.807) is 0 Å². The third kappa shape index (κ3) is 5.74. The van der Waals surface area contributed by atoms with Crippen LogP contribution >= 0.6 is 0 Å². The van der Waals surface area contributed by atoms with E-state index in [1.807, 2.05) is 12.3 Å². The highest BCUT2D eigenvalue weighted by Gasteiger charge is 2.21. The fraction of sp³-hybridized carbons (Fsp3) is 0.0185. The number of aliphatic imine (C=N–C) groups is 1. The van der Waals surface area contributed by atoms with E-state index in [-0.39, 0.29) is 6.17 Å². The summed E-state index contributed by atoms with van der Waals surface area (Å²) in [6.45, 7) is 0. The summed E-state index contributed by atoms with van der Waals surface area (Å²) in [4.78, 5) is 7.27. The number of nitrogens with one attached hydrogen (secondary N) is 1. The van der Waals surface area contributed by atoms with Gasteiger partial charge >= 0.3 is 0 Å². The molecule has 1 N–H and O–H groups in total.